The van der Waals surface area contributed by atoms with Crippen molar-refractivity contribution in [1.82, 2.24) is 9.55 Å². The molecule has 4 nitrogen and oxygen atoms in total. The van der Waals surface area contributed by atoms with Crippen molar-refractivity contribution in [3.63, 3.8) is 0 Å². The average Bonchev–Trinajstić information content (AvgIpc) is 3.00. The molecular weight excluding hydrogens is 328 g/mol. The van der Waals surface area contributed by atoms with Crippen LogP contribution in [0.25, 0.3) is 10.2 Å². The number of aryl methyl sites for hydroxylation is 2. The van der Waals surface area contributed by atoms with E-state index < -0.39 is 0 Å². The quantitative estimate of drug-likeness (QED) is 0.401. The van der Waals surface area contributed by atoms with Gasteiger partial charge in [-0.25, -0.2) is 4.98 Å². The van der Waals surface area contributed by atoms with E-state index in [1.807, 2.05) is 24.4 Å². The maximum atomic E-state index is 12.2. The van der Waals surface area contributed by atoms with Gasteiger partial charge < -0.3 is 4.74 Å². The number of ether oxygens (including phenoxy) is 1. The Hall–Kier alpha value is -1.79. The highest BCUT2D eigenvalue weighted by molar-refractivity contribution is 7.99. The van der Waals surface area contributed by atoms with Gasteiger partial charge in [0.05, 0.1) is 12.0 Å². The Morgan fingerprint density at radius 3 is 2.96 bits per heavy atom. The van der Waals surface area contributed by atoms with Gasteiger partial charge in [-0.15, -0.1) is 11.3 Å². The number of rotatable bonds is 5. The van der Waals surface area contributed by atoms with Crippen molar-refractivity contribution in [3.8, 4) is 5.75 Å². The summed E-state index contributed by atoms with van der Waals surface area (Å²) in [5.41, 5.74) is 2.32. The van der Waals surface area contributed by atoms with Gasteiger partial charge in [-0.3, -0.25) is 9.36 Å². The number of thioether (sulfide) groups is 1. The molecule has 6 heteroatoms. The van der Waals surface area contributed by atoms with E-state index in [2.05, 4.69) is 24.0 Å². The fraction of sp³-hybridized carbons (Fsp3) is 0.294. The Balaban J connectivity index is 1.66. The van der Waals surface area contributed by atoms with Crippen molar-refractivity contribution in [3.05, 3.63) is 51.1 Å². The Bertz CT molecular complexity index is 899. The largest absolute Gasteiger partial charge is 0.492 e. The highest BCUT2D eigenvalue weighted by atomic mass is 32.2. The molecule has 0 unspecified atom stereocenters. The van der Waals surface area contributed by atoms with E-state index in [1.165, 1.54) is 16.9 Å². The van der Waals surface area contributed by atoms with E-state index >= 15 is 0 Å². The molecule has 0 atom stereocenters. The maximum absolute atomic E-state index is 12.2. The predicted molar refractivity (Wildman–Crippen MR) is 97.0 cm³/mol. The number of hydrogen-bond donors (Lipinski definition) is 0. The van der Waals surface area contributed by atoms with Crippen molar-refractivity contribution in [2.45, 2.75) is 19.0 Å². The third-order valence-electron chi connectivity index (χ3n) is 3.58. The van der Waals surface area contributed by atoms with Crippen LogP contribution in [0.1, 0.15) is 11.1 Å². The van der Waals surface area contributed by atoms with Gasteiger partial charge in [-0.05, 0) is 42.5 Å². The summed E-state index contributed by atoms with van der Waals surface area (Å²) in [5, 5.41) is 3.32. The minimum atomic E-state index is 0.00852. The van der Waals surface area contributed by atoms with Gasteiger partial charge in [0.15, 0.2) is 5.16 Å². The molecule has 0 aliphatic carbocycles. The molecule has 0 spiro atoms. The van der Waals surface area contributed by atoms with Crippen molar-refractivity contribution < 1.29 is 4.74 Å². The molecule has 23 heavy (non-hydrogen) atoms. The molecule has 3 rings (SSSR count). The minimum absolute atomic E-state index is 0.00852. The first-order valence-electron chi connectivity index (χ1n) is 7.33. The summed E-state index contributed by atoms with van der Waals surface area (Å²) in [6, 6.07) is 8.01. The van der Waals surface area contributed by atoms with Gasteiger partial charge in [0, 0.05) is 12.8 Å². The van der Waals surface area contributed by atoms with Crippen LogP contribution >= 0.6 is 23.1 Å². The van der Waals surface area contributed by atoms with Crippen LogP contribution in [0.15, 0.2) is 39.6 Å². The monoisotopic (exact) mass is 346 g/mol. The van der Waals surface area contributed by atoms with Crippen molar-refractivity contribution in [1.29, 1.82) is 0 Å². The molecule has 120 valence electrons. The van der Waals surface area contributed by atoms with Crippen molar-refractivity contribution in [2.75, 3.05) is 12.4 Å². The molecule has 0 saturated carbocycles. The molecule has 0 N–H and O–H groups in total. The summed E-state index contributed by atoms with van der Waals surface area (Å²) in [7, 11) is 1.76. The van der Waals surface area contributed by atoms with Gasteiger partial charge in [0.2, 0.25) is 0 Å². The molecule has 0 aliphatic heterocycles. The van der Waals surface area contributed by atoms with Crippen LogP contribution in [0.3, 0.4) is 0 Å². The predicted octanol–water partition coefficient (Wildman–Crippen LogP) is 3.78. The maximum Gasteiger partial charge on any atom is 0.262 e. The SMILES string of the molecule is Cc1ccc(C)c(OCCSc2nc3sccc3c(=O)n2C)c1. The van der Waals surface area contributed by atoms with Gasteiger partial charge in [-0.1, -0.05) is 23.9 Å². The van der Waals surface area contributed by atoms with Crippen LogP contribution in [-0.4, -0.2) is 21.9 Å². The number of thiophene rings is 1. The standard InChI is InChI=1S/C17H18N2O2S2/c1-11-4-5-12(2)14(10-11)21-7-9-23-17-18-15-13(6-8-22-15)16(20)19(17)3/h4-6,8,10H,7,9H2,1-3H3. The zero-order valence-corrected chi connectivity index (χ0v) is 15.0. The number of benzene rings is 1. The van der Waals surface area contributed by atoms with E-state index in [4.69, 9.17) is 4.74 Å². The van der Waals surface area contributed by atoms with Crippen LogP contribution in [0.2, 0.25) is 0 Å². The molecule has 3 aromatic rings. The van der Waals surface area contributed by atoms with Gasteiger partial charge >= 0.3 is 0 Å². The third-order valence-corrected chi connectivity index (χ3v) is 5.38. The Kier molecular flexibility index (Phi) is 4.73. The smallest absolute Gasteiger partial charge is 0.262 e. The molecule has 0 amide bonds. The summed E-state index contributed by atoms with van der Waals surface area (Å²) < 4.78 is 7.46. The van der Waals surface area contributed by atoms with Gasteiger partial charge in [-0.2, -0.15) is 0 Å². The first-order chi connectivity index (χ1) is 11.1. The lowest BCUT2D eigenvalue weighted by Crippen LogP contribution is -2.19. The van der Waals surface area contributed by atoms with E-state index in [0.717, 1.165) is 27.1 Å². The van der Waals surface area contributed by atoms with Gasteiger partial charge in [0.1, 0.15) is 10.6 Å². The molecule has 1 aromatic carbocycles. The second-order valence-corrected chi connectivity index (χ2v) is 7.32. The highest BCUT2D eigenvalue weighted by Gasteiger charge is 2.09. The second kappa shape index (κ2) is 6.76. The normalized spacial score (nSPS) is 11.1. The lowest BCUT2D eigenvalue weighted by molar-refractivity contribution is 0.341. The van der Waals surface area contributed by atoms with E-state index in [-0.39, 0.29) is 5.56 Å². The topological polar surface area (TPSA) is 44.1 Å². The Morgan fingerprint density at radius 2 is 2.13 bits per heavy atom. The first-order valence-corrected chi connectivity index (χ1v) is 9.20. The van der Waals surface area contributed by atoms with E-state index in [9.17, 15) is 4.79 Å². The third kappa shape index (κ3) is 3.43. The summed E-state index contributed by atoms with van der Waals surface area (Å²) >= 11 is 3.04. The molecule has 0 fully saturated rings. The molecule has 2 aromatic heterocycles. The first kappa shape index (κ1) is 16.1. The zero-order chi connectivity index (χ0) is 16.4. The molecule has 0 aliphatic rings. The number of nitrogens with zero attached hydrogens (tertiary/aromatic N) is 2. The van der Waals surface area contributed by atoms with Crippen LogP contribution in [0.5, 0.6) is 5.75 Å². The molecule has 0 bridgehead atoms. The van der Waals surface area contributed by atoms with Gasteiger partial charge in [0.25, 0.3) is 5.56 Å². The average molecular weight is 346 g/mol. The Morgan fingerprint density at radius 1 is 1.30 bits per heavy atom. The van der Waals surface area contributed by atoms with Crippen LogP contribution in [0, 0.1) is 13.8 Å². The van der Waals surface area contributed by atoms with Crippen molar-refractivity contribution >= 4 is 33.3 Å². The molecule has 2 heterocycles. The molecule has 0 radical (unpaired) electrons. The molecular formula is C17H18N2O2S2. The van der Waals surface area contributed by atoms with E-state index in [0.29, 0.717) is 12.0 Å². The highest BCUT2D eigenvalue weighted by Crippen LogP contribution is 2.22. The number of aromatic nitrogens is 2. The summed E-state index contributed by atoms with van der Waals surface area (Å²) in [4.78, 5) is 17.6. The number of hydrogen-bond acceptors (Lipinski definition) is 5. The summed E-state index contributed by atoms with van der Waals surface area (Å²) in [5.74, 6) is 1.66. The van der Waals surface area contributed by atoms with Crippen LogP contribution < -0.4 is 10.3 Å². The van der Waals surface area contributed by atoms with E-state index in [1.54, 1.807) is 23.4 Å². The lowest BCUT2D eigenvalue weighted by atomic mass is 10.1. The fourth-order valence-electron chi connectivity index (χ4n) is 2.26. The summed E-state index contributed by atoms with van der Waals surface area (Å²) in [6.07, 6.45) is 0. The van der Waals surface area contributed by atoms with Crippen molar-refractivity contribution in [2.24, 2.45) is 7.05 Å². The lowest BCUT2D eigenvalue weighted by Gasteiger charge is -2.10. The van der Waals surface area contributed by atoms with Crippen LogP contribution in [-0.2, 0) is 7.05 Å². The van der Waals surface area contributed by atoms with Crippen LogP contribution in [0.4, 0.5) is 0 Å². The fourth-order valence-corrected chi connectivity index (χ4v) is 3.85. The minimum Gasteiger partial charge on any atom is -0.492 e. The number of fused-ring (bicyclic) bond motifs is 1. The second-order valence-electron chi connectivity index (χ2n) is 5.36. The zero-order valence-electron chi connectivity index (χ0n) is 13.3. The molecule has 0 saturated heterocycles. The Labute approximate surface area is 143 Å². The summed E-state index contributed by atoms with van der Waals surface area (Å²) in [6.45, 7) is 4.67.